The average molecular weight is 256 g/mol. The maximum Gasteiger partial charge on any atom is 0.350 e. The minimum atomic E-state index is -0.568. The SMILES string of the molecule is CCOC(=O)C(C#N)=CN1c2ccccc2CC1C. The standard InChI is InChI=1S/C15H16N2O2/c1-3-19-15(18)13(9-16)10-17-11(2)8-12-6-4-5-7-14(12)17/h4-7,10-11H,3,8H2,1-2H3. The van der Waals surface area contributed by atoms with E-state index < -0.39 is 5.97 Å². The summed E-state index contributed by atoms with van der Waals surface area (Å²) in [6.45, 7) is 4.06. The van der Waals surface area contributed by atoms with Crippen LogP contribution in [0, 0.1) is 11.3 Å². The number of ether oxygens (including phenoxy) is 1. The van der Waals surface area contributed by atoms with E-state index in [2.05, 4.69) is 13.0 Å². The molecule has 0 fully saturated rings. The van der Waals surface area contributed by atoms with E-state index in [1.54, 1.807) is 13.1 Å². The van der Waals surface area contributed by atoms with E-state index in [9.17, 15) is 4.79 Å². The Kier molecular flexibility index (Phi) is 3.86. The lowest BCUT2D eigenvalue weighted by Crippen LogP contribution is -2.25. The lowest BCUT2D eigenvalue weighted by Gasteiger charge is -2.20. The monoisotopic (exact) mass is 256 g/mol. The van der Waals surface area contributed by atoms with Crippen LogP contribution in [-0.4, -0.2) is 18.6 Å². The molecule has 0 saturated carbocycles. The summed E-state index contributed by atoms with van der Waals surface area (Å²) >= 11 is 0. The molecule has 4 nitrogen and oxygen atoms in total. The van der Waals surface area contributed by atoms with Crippen LogP contribution in [0.15, 0.2) is 36.0 Å². The molecule has 0 radical (unpaired) electrons. The number of esters is 1. The summed E-state index contributed by atoms with van der Waals surface area (Å²) in [5, 5.41) is 9.07. The average Bonchev–Trinajstić information content (AvgIpc) is 2.72. The Morgan fingerprint density at radius 3 is 3.00 bits per heavy atom. The van der Waals surface area contributed by atoms with Crippen molar-refractivity contribution in [1.29, 1.82) is 5.26 Å². The first-order valence-corrected chi connectivity index (χ1v) is 6.32. The van der Waals surface area contributed by atoms with Crippen molar-refractivity contribution in [1.82, 2.24) is 0 Å². The van der Waals surface area contributed by atoms with Gasteiger partial charge in [0.1, 0.15) is 6.07 Å². The Morgan fingerprint density at radius 2 is 2.32 bits per heavy atom. The van der Waals surface area contributed by atoms with Gasteiger partial charge in [-0.2, -0.15) is 5.26 Å². The fourth-order valence-electron chi connectivity index (χ4n) is 2.26. The predicted octanol–water partition coefficient (Wildman–Crippen LogP) is 2.41. The Balaban J connectivity index is 2.32. The molecule has 1 aliphatic heterocycles. The second kappa shape index (κ2) is 5.57. The minimum Gasteiger partial charge on any atom is -0.462 e. The van der Waals surface area contributed by atoms with E-state index in [4.69, 9.17) is 10.00 Å². The highest BCUT2D eigenvalue weighted by atomic mass is 16.5. The molecule has 1 atom stereocenters. The third-order valence-corrected chi connectivity index (χ3v) is 3.14. The molecule has 0 spiro atoms. The molecule has 2 rings (SSSR count). The van der Waals surface area contributed by atoms with Crippen LogP contribution >= 0.6 is 0 Å². The molecule has 1 aromatic carbocycles. The van der Waals surface area contributed by atoms with Gasteiger partial charge in [-0.1, -0.05) is 18.2 Å². The number of nitrogens with zero attached hydrogens (tertiary/aromatic N) is 2. The molecule has 1 unspecified atom stereocenters. The number of fused-ring (bicyclic) bond motifs is 1. The maximum atomic E-state index is 11.6. The summed E-state index contributed by atoms with van der Waals surface area (Å²) in [6, 6.07) is 10.2. The number of rotatable bonds is 3. The number of carbonyl (C=O) groups is 1. The fourth-order valence-corrected chi connectivity index (χ4v) is 2.26. The number of nitriles is 1. The van der Waals surface area contributed by atoms with Crippen LogP contribution in [0.1, 0.15) is 19.4 Å². The molecule has 0 N–H and O–H groups in total. The summed E-state index contributed by atoms with van der Waals surface area (Å²) in [6.07, 6.45) is 2.50. The number of hydrogen-bond acceptors (Lipinski definition) is 4. The van der Waals surface area contributed by atoms with Gasteiger partial charge in [-0.15, -0.1) is 0 Å². The maximum absolute atomic E-state index is 11.6. The second-order valence-electron chi connectivity index (χ2n) is 4.46. The van der Waals surface area contributed by atoms with Gasteiger partial charge in [0.05, 0.1) is 6.61 Å². The fraction of sp³-hybridized carbons (Fsp3) is 0.333. The third kappa shape index (κ3) is 2.60. The molecular weight excluding hydrogens is 240 g/mol. The van der Waals surface area contributed by atoms with Crippen molar-refractivity contribution in [3.8, 4) is 6.07 Å². The van der Waals surface area contributed by atoms with Crippen molar-refractivity contribution in [3.05, 3.63) is 41.6 Å². The van der Waals surface area contributed by atoms with Gasteiger partial charge in [0, 0.05) is 17.9 Å². The van der Waals surface area contributed by atoms with E-state index in [-0.39, 0.29) is 18.2 Å². The van der Waals surface area contributed by atoms with Crippen molar-refractivity contribution in [3.63, 3.8) is 0 Å². The Morgan fingerprint density at radius 1 is 1.58 bits per heavy atom. The van der Waals surface area contributed by atoms with Crippen LogP contribution in [0.4, 0.5) is 5.69 Å². The molecule has 0 saturated heterocycles. The van der Waals surface area contributed by atoms with Gasteiger partial charge in [0.2, 0.25) is 0 Å². The number of benzene rings is 1. The molecule has 1 aliphatic rings. The highest BCUT2D eigenvalue weighted by molar-refractivity contribution is 5.93. The van der Waals surface area contributed by atoms with Crippen molar-refractivity contribution in [2.24, 2.45) is 0 Å². The van der Waals surface area contributed by atoms with Gasteiger partial charge in [-0.25, -0.2) is 4.79 Å². The number of carbonyl (C=O) groups excluding carboxylic acids is 1. The zero-order valence-electron chi connectivity index (χ0n) is 11.1. The molecule has 0 amide bonds. The van der Waals surface area contributed by atoms with Crippen molar-refractivity contribution in [2.45, 2.75) is 26.3 Å². The number of para-hydroxylation sites is 1. The van der Waals surface area contributed by atoms with Crippen LogP contribution < -0.4 is 4.90 Å². The van der Waals surface area contributed by atoms with Gasteiger partial charge in [0.25, 0.3) is 0 Å². The minimum absolute atomic E-state index is 0.0328. The predicted molar refractivity (Wildman–Crippen MR) is 72.4 cm³/mol. The molecular formula is C15H16N2O2. The third-order valence-electron chi connectivity index (χ3n) is 3.14. The number of hydrogen-bond donors (Lipinski definition) is 0. The van der Waals surface area contributed by atoms with Crippen LogP contribution in [-0.2, 0) is 16.0 Å². The highest BCUT2D eigenvalue weighted by Crippen LogP contribution is 2.32. The zero-order chi connectivity index (χ0) is 13.8. The van der Waals surface area contributed by atoms with Crippen molar-refractivity contribution in [2.75, 3.05) is 11.5 Å². The summed E-state index contributed by atoms with van der Waals surface area (Å²) in [5.74, 6) is -0.568. The summed E-state index contributed by atoms with van der Waals surface area (Å²) < 4.78 is 4.87. The van der Waals surface area contributed by atoms with Gasteiger partial charge < -0.3 is 9.64 Å². The normalized spacial score (nSPS) is 17.8. The second-order valence-corrected chi connectivity index (χ2v) is 4.46. The molecule has 98 valence electrons. The summed E-state index contributed by atoms with van der Waals surface area (Å²) in [5.41, 5.74) is 2.31. The van der Waals surface area contributed by atoms with E-state index in [0.717, 1.165) is 12.1 Å². The van der Waals surface area contributed by atoms with Gasteiger partial charge >= 0.3 is 5.97 Å². The lowest BCUT2D eigenvalue weighted by atomic mass is 10.1. The first-order valence-electron chi connectivity index (χ1n) is 6.32. The molecule has 1 heterocycles. The molecule has 0 aliphatic carbocycles. The van der Waals surface area contributed by atoms with Crippen LogP contribution in [0.5, 0.6) is 0 Å². The Bertz CT molecular complexity index is 558. The highest BCUT2D eigenvalue weighted by Gasteiger charge is 2.25. The molecule has 0 bridgehead atoms. The quantitative estimate of drug-likeness (QED) is 0.473. The van der Waals surface area contributed by atoms with Crippen LogP contribution in [0.3, 0.4) is 0 Å². The Labute approximate surface area is 112 Å². The van der Waals surface area contributed by atoms with Gasteiger partial charge in [0.15, 0.2) is 5.57 Å². The molecule has 0 aromatic heterocycles. The number of anilines is 1. The first kappa shape index (κ1) is 13.2. The molecule has 1 aromatic rings. The van der Waals surface area contributed by atoms with Crippen LogP contribution in [0.25, 0.3) is 0 Å². The molecule has 19 heavy (non-hydrogen) atoms. The summed E-state index contributed by atoms with van der Waals surface area (Å²) in [4.78, 5) is 13.6. The Hall–Kier alpha value is -2.28. The van der Waals surface area contributed by atoms with Crippen molar-refractivity contribution < 1.29 is 9.53 Å². The van der Waals surface area contributed by atoms with Crippen LogP contribution in [0.2, 0.25) is 0 Å². The smallest absolute Gasteiger partial charge is 0.350 e. The first-order chi connectivity index (χ1) is 9.17. The van der Waals surface area contributed by atoms with Gasteiger partial charge in [-0.05, 0) is 31.9 Å². The van der Waals surface area contributed by atoms with E-state index in [1.165, 1.54) is 5.56 Å². The topological polar surface area (TPSA) is 53.3 Å². The van der Waals surface area contributed by atoms with E-state index in [0.29, 0.717) is 0 Å². The molecule has 4 heteroatoms. The van der Waals surface area contributed by atoms with Gasteiger partial charge in [-0.3, -0.25) is 0 Å². The largest absolute Gasteiger partial charge is 0.462 e. The van der Waals surface area contributed by atoms with Crippen molar-refractivity contribution >= 4 is 11.7 Å². The van der Waals surface area contributed by atoms with E-state index >= 15 is 0 Å². The van der Waals surface area contributed by atoms with E-state index in [1.807, 2.05) is 29.2 Å². The zero-order valence-corrected chi connectivity index (χ0v) is 11.1. The summed E-state index contributed by atoms with van der Waals surface area (Å²) in [7, 11) is 0. The lowest BCUT2D eigenvalue weighted by molar-refractivity contribution is -0.138.